The molecule has 1 heterocycles. The number of likely N-dealkylation sites (tertiary alicyclic amines) is 1. The first kappa shape index (κ1) is 23.8. The van der Waals surface area contributed by atoms with Gasteiger partial charge in [-0.1, -0.05) is 55.1 Å². The van der Waals surface area contributed by atoms with Crippen LogP contribution in [0.3, 0.4) is 0 Å². The number of aliphatic hydroxyl groups is 1. The molecule has 1 fully saturated rings. The first-order valence-corrected chi connectivity index (χ1v) is 11.4. The number of ether oxygens (including phenoxy) is 2. The van der Waals surface area contributed by atoms with Crippen LogP contribution in [-0.4, -0.2) is 34.9 Å². The third-order valence-electron chi connectivity index (χ3n) is 5.72. The van der Waals surface area contributed by atoms with Gasteiger partial charge in [0.15, 0.2) is 0 Å². The van der Waals surface area contributed by atoms with Gasteiger partial charge in [-0.3, -0.25) is 9.59 Å². The van der Waals surface area contributed by atoms with E-state index in [1.165, 1.54) is 4.90 Å². The molecule has 1 aliphatic heterocycles. The van der Waals surface area contributed by atoms with Crippen molar-refractivity contribution >= 4 is 17.4 Å². The molecule has 3 aromatic rings. The van der Waals surface area contributed by atoms with Gasteiger partial charge in [-0.25, -0.2) is 0 Å². The van der Waals surface area contributed by atoms with Gasteiger partial charge in [0.05, 0.1) is 18.2 Å². The lowest BCUT2D eigenvalue weighted by atomic mass is 9.95. The average molecular weight is 470 g/mol. The van der Waals surface area contributed by atoms with Crippen LogP contribution >= 0.6 is 0 Å². The number of benzene rings is 3. The summed E-state index contributed by atoms with van der Waals surface area (Å²) < 4.78 is 11.2. The van der Waals surface area contributed by atoms with Crippen molar-refractivity contribution in [3.63, 3.8) is 0 Å². The van der Waals surface area contributed by atoms with Crippen molar-refractivity contribution in [2.45, 2.75) is 19.5 Å². The maximum atomic E-state index is 13.3. The standard InChI is InChI=1S/C29H27NO5/c1-3-17-35-24-12-8-11-22(18-24)26-25(27(31)21-13-15-23(16-14-21)34-4-2)28(32)29(33)30(26)19-20-9-6-5-7-10-20/h3,5-16,18,26,31H,1,4,17,19H2,2H3/t26-/m0/s1. The smallest absolute Gasteiger partial charge is 0.295 e. The summed E-state index contributed by atoms with van der Waals surface area (Å²) in [6.45, 7) is 6.60. The average Bonchev–Trinajstić information content (AvgIpc) is 3.13. The zero-order chi connectivity index (χ0) is 24.8. The van der Waals surface area contributed by atoms with E-state index in [0.29, 0.717) is 35.8 Å². The Morgan fingerprint density at radius 3 is 2.40 bits per heavy atom. The zero-order valence-corrected chi connectivity index (χ0v) is 19.5. The highest BCUT2D eigenvalue weighted by molar-refractivity contribution is 6.46. The molecule has 6 heteroatoms. The van der Waals surface area contributed by atoms with Gasteiger partial charge in [0.25, 0.3) is 11.7 Å². The Morgan fingerprint density at radius 1 is 0.971 bits per heavy atom. The summed E-state index contributed by atoms with van der Waals surface area (Å²) >= 11 is 0. The van der Waals surface area contributed by atoms with E-state index in [9.17, 15) is 14.7 Å². The van der Waals surface area contributed by atoms with Crippen molar-refractivity contribution < 1.29 is 24.2 Å². The second-order valence-electron chi connectivity index (χ2n) is 8.04. The van der Waals surface area contributed by atoms with Crippen molar-refractivity contribution in [1.29, 1.82) is 0 Å². The maximum Gasteiger partial charge on any atom is 0.295 e. The quantitative estimate of drug-likeness (QED) is 0.200. The SMILES string of the molecule is C=CCOc1cccc([C@H]2C(=C(O)c3ccc(OCC)cc3)C(=O)C(=O)N2Cc2ccccc2)c1. The molecule has 0 radical (unpaired) electrons. The topological polar surface area (TPSA) is 76.1 Å². The molecule has 1 N–H and O–H groups in total. The molecule has 0 aliphatic carbocycles. The molecule has 1 amide bonds. The minimum Gasteiger partial charge on any atom is -0.507 e. The van der Waals surface area contributed by atoms with Crippen LogP contribution in [0, 0.1) is 0 Å². The Balaban J connectivity index is 1.81. The highest BCUT2D eigenvalue weighted by atomic mass is 16.5. The van der Waals surface area contributed by atoms with Crippen LogP contribution in [0.4, 0.5) is 0 Å². The van der Waals surface area contributed by atoms with E-state index in [-0.39, 0.29) is 17.9 Å². The number of Topliss-reactive ketones (excluding diaryl/α,β-unsaturated/α-hetero) is 1. The number of ketones is 1. The molecule has 0 spiro atoms. The molecule has 4 rings (SSSR count). The third kappa shape index (κ3) is 5.11. The van der Waals surface area contributed by atoms with Gasteiger partial charge in [0, 0.05) is 12.1 Å². The Labute approximate surface area is 204 Å². The second kappa shape index (κ2) is 10.7. The summed E-state index contributed by atoms with van der Waals surface area (Å²) in [5, 5.41) is 11.3. The van der Waals surface area contributed by atoms with E-state index in [1.807, 2.05) is 43.3 Å². The molecule has 0 saturated carbocycles. The van der Waals surface area contributed by atoms with Gasteiger partial charge in [-0.05, 0) is 54.4 Å². The normalized spacial score (nSPS) is 16.8. The number of nitrogens with zero attached hydrogens (tertiary/aromatic N) is 1. The number of carbonyl (C=O) groups excluding carboxylic acids is 2. The van der Waals surface area contributed by atoms with Crippen LogP contribution in [0.25, 0.3) is 5.76 Å². The minimum atomic E-state index is -0.783. The van der Waals surface area contributed by atoms with Crippen molar-refractivity contribution in [2.24, 2.45) is 0 Å². The van der Waals surface area contributed by atoms with Crippen LogP contribution in [0.15, 0.2) is 97.1 Å². The van der Waals surface area contributed by atoms with Gasteiger partial charge in [0.1, 0.15) is 23.9 Å². The van der Waals surface area contributed by atoms with Gasteiger partial charge in [-0.2, -0.15) is 0 Å². The minimum absolute atomic E-state index is 0.0379. The highest BCUT2D eigenvalue weighted by Gasteiger charge is 2.46. The molecule has 0 unspecified atom stereocenters. The largest absolute Gasteiger partial charge is 0.507 e. The van der Waals surface area contributed by atoms with E-state index >= 15 is 0 Å². The van der Waals surface area contributed by atoms with Crippen LogP contribution in [0.1, 0.15) is 29.7 Å². The molecule has 1 aliphatic rings. The van der Waals surface area contributed by atoms with Crippen molar-refractivity contribution in [3.05, 3.63) is 114 Å². The van der Waals surface area contributed by atoms with Gasteiger partial charge in [0.2, 0.25) is 0 Å². The van der Waals surface area contributed by atoms with Crippen LogP contribution in [0.5, 0.6) is 11.5 Å². The molecule has 3 aromatic carbocycles. The monoisotopic (exact) mass is 469 g/mol. The Kier molecular flexibility index (Phi) is 7.31. The molecule has 0 bridgehead atoms. The maximum absolute atomic E-state index is 13.3. The summed E-state index contributed by atoms with van der Waals surface area (Å²) in [4.78, 5) is 27.9. The number of rotatable bonds is 9. The Hall–Kier alpha value is -4.32. The first-order valence-electron chi connectivity index (χ1n) is 11.4. The summed E-state index contributed by atoms with van der Waals surface area (Å²) in [6.07, 6.45) is 1.64. The fourth-order valence-electron chi connectivity index (χ4n) is 4.13. The molecule has 35 heavy (non-hydrogen) atoms. The number of amides is 1. The summed E-state index contributed by atoms with van der Waals surface area (Å²) in [7, 11) is 0. The van der Waals surface area contributed by atoms with Crippen molar-refractivity contribution in [1.82, 2.24) is 4.90 Å². The Morgan fingerprint density at radius 2 is 1.71 bits per heavy atom. The fraction of sp³-hybridized carbons (Fsp3) is 0.172. The Bertz CT molecular complexity index is 1250. The van der Waals surface area contributed by atoms with E-state index in [4.69, 9.17) is 9.47 Å². The molecule has 1 atom stereocenters. The third-order valence-corrected chi connectivity index (χ3v) is 5.72. The van der Waals surface area contributed by atoms with Gasteiger partial charge >= 0.3 is 0 Å². The van der Waals surface area contributed by atoms with Crippen LogP contribution in [0.2, 0.25) is 0 Å². The number of hydrogen-bond donors (Lipinski definition) is 1. The molecular weight excluding hydrogens is 442 g/mol. The number of hydrogen-bond acceptors (Lipinski definition) is 5. The van der Waals surface area contributed by atoms with E-state index in [2.05, 4.69) is 6.58 Å². The molecule has 1 saturated heterocycles. The predicted octanol–water partition coefficient (Wildman–Crippen LogP) is 5.27. The van der Waals surface area contributed by atoms with Gasteiger partial charge in [-0.15, -0.1) is 0 Å². The summed E-state index contributed by atoms with van der Waals surface area (Å²) in [5.74, 6) is -0.395. The summed E-state index contributed by atoms with van der Waals surface area (Å²) in [5.41, 5.74) is 2.00. The van der Waals surface area contributed by atoms with Gasteiger partial charge < -0.3 is 19.5 Å². The lowest BCUT2D eigenvalue weighted by Crippen LogP contribution is -2.29. The molecular formula is C29H27NO5. The predicted molar refractivity (Wildman–Crippen MR) is 134 cm³/mol. The van der Waals surface area contributed by atoms with Crippen LogP contribution in [-0.2, 0) is 16.1 Å². The highest BCUT2D eigenvalue weighted by Crippen LogP contribution is 2.41. The van der Waals surface area contributed by atoms with Crippen molar-refractivity contribution in [2.75, 3.05) is 13.2 Å². The lowest BCUT2D eigenvalue weighted by Gasteiger charge is -2.26. The zero-order valence-electron chi connectivity index (χ0n) is 19.5. The van der Waals surface area contributed by atoms with E-state index in [1.54, 1.807) is 48.5 Å². The van der Waals surface area contributed by atoms with E-state index < -0.39 is 17.7 Å². The second-order valence-corrected chi connectivity index (χ2v) is 8.04. The number of aliphatic hydroxyl groups excluding tert-OH is 1. The lowest BCUT2D eigenvalue weighted by molar-refractivity contribution is -0.140. The number of carbonyl (C=O) groups is 2. The molecule has 6 nitrogen and oxygen atoms in total. The fourth-order valence-corrected chi connectivity index (χ4v) is 4.13. The van der Waals surface area contributed by atoms with E-state index in [0.717, 1.165) is 5.56 Å². The molecule has 0 aromatic heterocycles. The first-order chi connectivity index (χ1) is 17.0. The molecule has 178 valence electrons. The van der Waals surface area contributed by atoms with Crippen molar-refractivity contribution in [3.8, 4) is 11.5 Å². The van der Waals surface area contributed by atoms with Crippen LogP contribution < -0.4 is 9.47 Å². The summed E-state index contributed by atoms with van der Waals surface area (Å²) in [6, 6.07) is 22.6.